The molecule has 208 valence electrons. The largest absolute Gasteiger partial charge is 0.497 e. The molecule has 0 amide bonds. The molecule has 8 nitrogen and oxygen atoms in total. The summed E-state index contributed by atoms with van der Waals surface area (Å²) < 4.78 is 23.1. The number of carbonyl (C=O) groups excluding carboxylic acids is 2. The van der Waals surface area contributed by atoms with Crippen LogP contribution in [0.1, 0.15) is 51.3 Å². The SMILES string of the molecule is CCCCCCN(Cc1cc2ccccc2s1)C(=Nc1ccc(OC)cc1OC)C1C(=O)OC(C)(C)OC1=O. The molecule has 39 heavy (non-hydrogen) atoms. The van der Waals surface area contributed by atoms with Gasteiger partial charge in [0.15, 0.2) is 0 Å². The lowest BCUT2D eigenvalue weighted by atomic mass is 10.0. The summed E-state index contributed by atoms with van der Waals surface area (Å²) in [5.74, 6) is -2.70. The van der Waals surface area contributed by atoms with Crippen LogP contribution in [-0.2, 0) is 25.6 Å². The molecule has 0 radical (unpaired) electrons. The molecule has 1 fully saturated rings. The van der Waals surface area contributed by atoms with Gasteiger partial charge in [-0.1, -0.05) is 44.4 Å². The van der Waals surface area contributed by atoms with Crippen LogP contribution in [0.2, 0.25) is 0 Å². The van der Waals surface area contributed by atoms with Crippen molar-refractivity contribution < 1.29 is 28.5 Å². The summed E-state index contributed by atoms with van der Waals surface area (Å²) in [6, 6.07) is 15.6. The molecular formula is C30H36N2O6S. The number of fused-ring (bicyclic) bond motifs is 1. The second kappa shape index (κ2) is 12.5. The summed E-state index contributed by atoms with van der Waals surface area (Å²) >= 11 is 1.68. The molecule has 0 unspecified atom stereocenters. The van der Waals surface area contributed by atoms with Crippen LogP contribution in [0.4, 0.5) is 5.69 Å². The fourth-order valence-electron chi connectivity index (χ4n) is 4.56. The van der Waals surface area contributed by atoms with Gasteiger partial charge in [0.2, 0.25) is 5.92 Å². The van der Waals surface area contributed by atoms with Crippen LogP contribution in [0.5, 0.6) is 11.5 Å². The number of carbonyl (C=O) groups is 2. The first kappa shape index (κ1) is 28.4. The average Bonchev–Trinajstić information content (AvgIpc) is 3.31. The molecule has 9 heteroatoms. The van der Waals surface area contributed by atoms with Crippen molar-refractivity contribution in [1.29, 1.82) is 0 Å². The van der Waals surface area contributed by atoms with Gasteiger partial charge in [0.05, 0.1) is 20.8 Å². The third kappa shape index (κ3) is 6.89. The number of nitrogens with zero attached hydrogens (tertiary/aromatic N) is 2. The number of rotatable bonds is 11. The van der Waals surface area contributed by atoms with Crippen molar-refractivity contribution in [3.05, 3.63) is 53.4 Å². The van der Waals surface area contributed by atoms with E-state index in [9.17, 15) is 9.59 Å². The zero-order chi connectivity index (χ0) is 28.0. The quantitative estimate of drug-likeness (QED) is 0.0884. The maximum absolute atomic E-state index is 13.3. The highest BCUT2D eigenvalue weighted by Gasteiger charge is 2.47. The molecule has 1 aliphatic heterocycles. The number of thiophene rings is 1. The molecule has 1 saturated heterocycles. The molecule has 0 bridgehead atoms. The zero-order valence-electron chi connectivity index (χ0n) is 23.2. The second-order valence-corrected chi connectivity index (χ2v) is 11.1. The smallest absolute Gasteiger partial charge is 0.331 e. The summed E-state index contributed by atoms with van der Waals surface area (Å²) in [5, 5.41) is 1.15. The van der Waals surface area contributed by atoms with Crippen molar-refractivity contribution in [3.63, 3.8) is 0 Å². The Morgan fingerprint density at radius 1 is 1.00 bits per heavy atom. The van der Waals surface area contributed by atoms with Crippen LogP contribution < -0.4 is 9.47 Å². The number of benzene rings is 2. The maximum Gasteiger partial charge on any atom is 0.331 e. The summed E-state index contributed by atoms with van der Waals surface area (Å²) in [5.41, 5.74) is 0.466. The van der Waals surface area contributed by atoms with Gasteiger partial charge in [0.25, 0.3) is 5.79 Å². The number of amidine groups is 1. The van der Waals surface area contributed by atoms with Crippen LogP contribution in [0.3, 0.4) is 0 Å². The third-order valence-corrected chi connectivity index (χ3v) is 7.57. The lowest BCUT2D eigenvalue weighted by Crippen LogP contribution is -2.52. The summed E-state index contributed by atoms with van der Waals surface area (Å²) in [7, 11) is 3.11. The first-order chi connectivity index (χ1) is 18.7. The van der Waals surface area contributed by atoms with Crippen LogP contribution in [-0.4, -0.2) is 49.2 Å². The van der Waals surface area contributed by atoms with E-state index in [1.54, 1.807) is 57.6 Å². The number of esters is 2. The highest BCUT2D eigenvalue weighted by Crippen LogP contribution is 2.35. The summed E-state index contributed by atoms with van der Waals surface area (Å²) in [6.45, 7) is 6.33. The molecule has 2 heterocycles. The number of methoxy groups -OCH3 is 2. The molecule has 0 saturated carbocycles. The normalized spacial score (nSPS) is 15.7. The standard InChI is InChI=1S/C30H36N2O6S/c1-6-7-8-11-16-32(19-22-17-20-12-9-10-13-25(20)39-22)27(26-28(33)37-30(2,3)38-29(26)34)31-23-15-14-21(35-4)18-24(23)36-5/h9-10,12-15,17-18,26H,6-8,11,16,19H2,1-5H3. The minimum atomic E-state index is -1.34. The van der Waals surface area contributed by atoms with E-state index in [1.165, 1.54) is 4.70 Å². The van der Waals surface area contributed by atoms with E-state index in [0.717, 1.165) is 35.9 Å². The third-order valence-electron chi connectivity index (χ3n) is 6.47. The lowest BCUT2D eigenvalue weighted by molar-refractivity contribution is -0.236. The van der Waals surface area contributed by atoms with Crippen molar-refractivity contribution in [2.24, 2.45) is 10.9 Å². The molecule has 0 N–H and O–H groups in total. The first-order valence-corrected chi connectivity index (χ1v) is 14.0. The van der Waals surface area contributed by atoms with Gasteiger partial charge in [-0.15, -0.1) is 11.3 Å². The molecule has 1 aliphatic rings. The molecule has 2 aromatic carbocycles. The molecule has 3 aromatic rings. The Kier molecular flexibility index (Phi) is 9.12. The number of hydrogen-bond donors (Lipinski definition) is 0. The molecular weight excluding hydrogens is 516 g/mol. The van der Waals surface area contributed by atoms with Crippen molar-refractivity contribution in [2.45, 2.75) is 58.8 Å². The van der Waals surface area contributed by atoms with Gasteiger partial charge in [-0.3, -0.25) is 9.59 Å². The molecule has 0 atom stereocenters. The number of cyclic esters (lactones) is 2. The van der Waals surface area contributed by atoms with Gasteiger partial charge in [0, 0.05) is 36.0 Å². The molecule has 1 aromatic heterocycles. The van der Waals surface area contributed by atoms with Gasteiger partial charge in [-0.25, -0.2) is 4.99 Å². The van der Waals surface area contributed by atoms with Gasteiger partial charge >= 0.3 is 11.9 Å². The zero-order valence-corrected chi connectivity index (χ0v) is 24.0. The van der Waals surface area contributed by atoms with Crippen molar-refractivity contribution in [3.8, 4) is 11.5 Å². The van der Waals surface area contributed by atoms with Crippen LogP contribution >= 0.6 is 11.3 Å². The number of ether oxygens (including phenoxy) is 4. The van der Waals surface area contributed by atoms with Crippen LogP contribution in [0.25, 0.3) is 10.1 Å². The van der Waals surface area contributed by atoms with E-state index in [0.29, 0.717) is 30.3 Å². The number of unbranched alkanes of at least 4 members (excludes halogenated alkanes) is 3. The van der Waals surface area contributed by atoms with Gasteiger partial charge in [0.1, 0.15) is 23.0 Å². The monoisotopic (exact) mass is 552 g/mol. The molecule has 4 rings (SSSR count). The Hall–Kier alpha value is -3.59. The van der Waals surface area contributed by atoms with Gasteiger partial charge < -0.3 is 23.8 Å². The van der Waals surface area contributed by atoms with E-state index in [1.807, 2.05) is 17.0 Å². The van der Waals surface area contributed by atoms with Crippen molar-refractivity contribution >= 4 is 44.9 Å². The van der Waals surface area contributed by atoms with Crippen LogP contribution in [0, 0.1) is 5.92 Å². The maximum atomic E-state index is 13.3. The summed E-state index contributed by atoms with van der Waals surface area (Å²) in [4.78, 5) is 34.6. The Balaban J connectivity index is 1.80. The Bertz CT molecular complexity index is 1300. The van der Waals surface area contributed by atoms with E-state index in [4.69, 9.17) is 23.9 Å². The summed E-state index contributed by atoms with van der Waals surface area (Å²) in [6.07, 6.45) is 4.08. The lowest BCUT2D eigenvalue weighted by Gasteiger charge is -2.36. The van der Waals surface area contributed by atoms with Crippen molar-refractivity contribution in [1.82, 2.24) is 4.90 Å². The highest BCUT2D eigenvalue weighted by molar-refractivity contribution is 7.19. The predicted molar refractivity (Wildman–Crippen MR) is 153 cm³/mol. The predicted octanol–water partition coefficient (Wildman–Crippen LogP) is 6.48. The van der Waals surface area contributed by atoms with E-state index in [2.05, 4.69) is 25.1 Å². The Morgan fingerprint density at radius 3 is 2.41 bits per heavy atom. The molecule has 0 aliphatic carbocycles. The van der Waals surface area contributed by atoms with E-state index < -0.39 is 23.6 Å². The fourth-order valence-corrected chi connectivity index (χ4v) is 5.64. The van der Waals surface area contributed by atoms with E-state index >= 15 is 0 Å². The van der Waals surface area contributed by atoms with Gasteiger partial charge in [-0.2, -0.15) is 0 Å². The topological polar surface area (TPSA) is 86.7 Å². The Morgan fingerprint density at radius 2 is 1.74 bits per heavy atom. The fraction of sp³-hybridized carbons (Fsp3) is 0.433. The Labute approximate surface area is 233 Å². The van der Waals surface area contributed by atoms with Gasteiger partial charge in [-0.05, 0) is 36.1 Å². The minimum absolute atomic E-state index is 0.276. The number of aliphatic imine (C=N–C) groups is 1. The first-order valence-electron chi connectivity index (χ1n) is 13.2. The van der Waals surface area contributed by atoms with E-state index in [-0.39, 0.29) is 5.84 Å². The number of hydrogen-bond acceptors (Lipinski definition) is 8. The van der Waals surface area contributed by atoms with Crippen molar-refractivity contribution in [2.75, 3.05) is 20.8 Å². The minimum Gasteiger partial charge on any atom is -0.497 e. The molecule has 0 spiro atoms. The second-order valence-electron chi connectivity index (χ2n) is 9.92. The highest BCUT2D eigenvalue weighted by atomic mass is 32.1. The van der Waals surface area contributed by atoms with Crippen LogP contribution in [0.15, 0.2) is 53.5 Å². The average molecular weight is 553 g/mol.